The van der Waals surface area contributed by atoms with Crippen molar-refractivity contribution in [3.05, 3.63) is 0 Å². The number of hydrogen-bond donors (Lipinski definition) is 2. The summed E-state index contributed by atoms with van der Waals surface area (Å²) in [6, 6.07) is 0. The van der Waals surface area contributed by atoms with Crippen molar-refractivity contribution in [2.24, 2.45) is 46.3 Å². The van der Waals surface area contributed by atoms with Crippen LogP contribution in [0.1, 0.15) is 112 Å². The minimum Gasteiger partial charge on any atom is -0.393 e. The molecule has 4 aliphatic carbocycles. The normalized spacial score (nSPS) is 51.6. The van der Waals surface area contributed by atoms with Gasteiger partial charge in [-0.3, -0.25) is 0 Å². The highest BCUT2D eigenvalue weighted by molar-refractivity contribution is 5.10. The van der Waals surface area contributed by atoms with Gasteiger partial charge in [0.2, 0.25) is 0 Å². The zero-order valence-electron chi connectivity index (χ0n) is 19.9. The van der Waals surface area contributed by atoms with E-state index >= 15 is 0 Å². The summed E-state index contributed by atoms with van der Waals surface area (Å²) in [5.41, 5.74) is 0.626. The Labute approximate surface area is 180 Å². The van der Waals surface area contributed by atoms with Crippen LogP contribution in [0.2, 0.25) is 0 Å². The Morgan fingerprint density at radius 3 is 2.28 bits per heavy atom. The van der Waals surface area contributed by atoms with Crippen molar-refractivity contribution in [2.75, 3.05) is 0 Å². The smallest absolute Gasteiger partial charge is 0.0648 e. The van der Waals surface area contributed by atoms with E-state index in [-0.39, 0.29) is 11.7 Å². The minimum atomic E-state index is -0.377. The second kappa shape index (κ2) is 7.80. The van der Waals surface area contributed by atoms with Gasteiger partial charge in [-0.1, -0.05) is 27.7 Å². The number of hydrogen-bond acceptors (Lipinski definition) is 2. The first-order chi connectivity index (χ1) is 13.6. The summed E-state index contributed by atoms with van der Waals surface area (Å²) in [6.07, 6.45) is 14.8. The van der Waals surface area contributed by atoms with Gasteiger partial charge in [-0.15, -0.1) is 0 Å². The molecule has 4 rings (SSSR count). The van der Waals surface area contributed by atoms with Gasteiger partial charge < -0.3 is 10.2 Å². The standard InChI is InChI=1S/C27H48O2/c1-6-27(29)16-15-25(4)20(17-27)9-10-21-23-12-11-22(18(2)7-8-19(3)28)26(23,5)14-13-24(21)25/h18-24,28-29H,6-17H2,1-5H3/t18-,19+,20+,21+,22-,23+,24+,25+,26-,27+/m1/s1. The van der Waals surface area contributed by atoms with Crippen LogP contribution in [-0.4, -0.2) is 21.9 Å². The van der Waals surface area contributed by atoms with Gasteiger partial charge in [0.15, 0.2) is 0 Å². The van der Waals surface area contributed by atoms with E-state index in [9.17, 15) is 10.2 Å². The summed E-state index contributed by atoms with van der Waals surface area (Å²) in [4.78, 5) is 0. The second-order valence-corrected chi connectivity index (χ2v) is 12.6. The maximum atomic E-state index is 11.0. The van der Waals surface area contributed by atoms with Gasteiger partial charge in [0.1, 0.15) is 0 Å². The van der Waals surface area contributed by atoms with E-state index < -0.39 is 0 Å². The summed E-state index contributed by atoms with van der Waals surface area (Å²) < 4.78 is 0. The van der Waals surface area contributed by atoms with Crippen molar-refractivity contribution in [1.29, 1.82) is 0 Å². The third-order valence-electron chi connectivity index (χ3n) is 11.3. The fourth-order valence-corrected chi connectivity index (χ4v) is 9.32. The second-order valence-electron chi connectivity index (χ2n) is 12.6. The first-order valence-electron chi connectivity index (χ1n) is 13.0. The zero-order valence-corrected chi connectivity index (χ0v) is 19.9. The largest absolute Gasteiger partial charge is 0.393 e. The number of rotatable bonds is 5. The molecule has 4 fully saturated rings. The molecule has 168 valence electrons. The molecule has 10 atom stereocenters. The lowest BCUT2D eigenvalue weighted by Crippen LogP contribution is -2.56. The predicted molar refractivity (Wildman–Crippen MR) is 121 cm³/mol. The molecule has 4 aliphatic rings. The molecule has 0 saturated heterocycles. The summed E-state index contributed by atoms with van der Waals surface area (Å²) in [6.45, 7) is 11.9. The molecule has 0 aromatic rings. The summed E-state index contributed by atoms with van der Waals surface area (Å²) in [7, 11) is 0. The van der Waals surface area contributed by atoms with E-state index in [0.717, 1.165) is 61.2 Å². The molecule has 2 N–H and O–H groups in total. The maximum absolute atomic E-state index is 11.0. The Morgan fingerprint density at radius 1 is 0.862 bits per heavy atom. The molecule has 0 amide bonds. The summed E-state index contributed by atoms with van der Waals surface area (Å²) in [5, 5.41) is 20.8. The van der Waals surface area contributed by atoms with Crippen LogP contribution in [0.5, 0.6) is 0 Å². The van der Waals surface area contributed by atoms with E-state index in [1.807, 2.05) is 6.92 Å². The molecule has 0 unspecified atom stereocenters. The van der Waals surface area contributed by atoms with Crippen LogP contribution in [0.25, 0.3) is 0 Å². The molecule has 0 heterocycles. The SMILES string of the molecule is CC[C@]1(O)CC[C@@]2(C)[C@@H](CC[C@@H]3[C@@H]2CC[C@]2(C)[C@@H]([C@H](C)CC[C@H](C)O)CC[C@@H]32)C1. The lowest BCUT2D eigenvalue weighted by atomic mass is 9.43. The van der Waals surface area contributed by atoms with Gasteiger partial charge >= 0.3 is 0 Å². The van der Waals surface area contributed by atoms with Crippen LogP contribution in [0, 0.1) is 46.3 Å². The highest BCUT2D eigenvalue weighted by Gasteiger charge is 2.61. The highest BCUT2D eigenvalue weighted by Crippen LogP contribution is 2.69. The molecule has 0 bridgehead atoms. The Balaban J connectivity index is 1.50. The lowest BCUT2D eigenvalue weighted by molar-refractivity contribution is -0.152. The minimum absolute atomic E-state index is 0.151. The van der Waals surface area contributed by atoms with Crippen LogP contribution in [0.15, 0.2) is 0 Å². The van der Waals surface area contributed by atoms with Gasteiger partial charge in [0, 0.05) is 0 Å². The van der Waals surface area contributed by atoms with Crippen LogP contribution in [0.4, 0.5) is 0 Å². The van der Waals surface area contributed by atoms with Crippen molar-refractivity contribution in [3.63, 3.8) is 0 Å². The number of aliphatic hydroxyl groups excluding tert-OH is 1. The van der Waals surface area contributed by atoms with E-state index in [4.69, 9.17) is 0 Å². The van der Waals surface area contributed by atoms with Crippen molar-refractivity contribution in [3.8, 4) is 0 Å². The monoisotopic (exact) mass is 404 g/mol. The van der Waals surface area contributed by atoms with E-state index in [1.54, 1.807) is 0 Å². The zero-order chi connectivity index (χ0) is 21.0. The average molecular weight is 405 g/mol. The average Bonchev–Trinajstić information content (AvgIpc) is 3.04. The fraction of sp³-hybridized carbons (Fsp3) is 1.00. The van der Waals surface area contributed by atoms with Crippen LogP contribution in [-0.2, 0) is 0 Å². The predicted octanol–water partition coefficient (Wildman–Crippen LogP) is 6.58. The van der Waals surface area contributed by atoms with Crippen molar-refractivity contribution >= 4 is 0 Å². The van der Waals surface area contributed by atoms with Gasteiger partial charge in [-0.25, -0.2) is 0 Å². The van der Waals surface area contributed by atoms with Gasteiger partial charge in [0.25, 0.3) is 0 Å². The molecule has 4 saturated carbocycles. The number of aliphatic hydroxyl groups is 2. The number of fused-ring (bicyclic) bond motifs is 5. The Bertz CT molecular complexity index is 587. The van der Waals surface area contributed by atoms with Crippen molar-refractivity contribution < 1.29 is 10.2 Å². The fourth-order valence-electron chi connectivity index (χ4n) is 9.32. The third kappa shape index (κ3) is 3.63. The van der Waals surface area contributed by atoms with Crippen LogP contribution >= 0.6 is 0 Å². The molecule has 0 aromatic heterocycles. The van der Waals surface area contributed by atoms with E-state index in [1.165, 1.54) is 51.4 Å². The quantitative estimate of drug-likeness (QED) is 0.543. The molecule has 2 heteroatoms. The first kappa shape index (κ1) is 22.1. The Kier molecular flexibility index (Phi) is 5.95. The third-order valence-corrected chi connectivity index (χ3v) is 11.3. The summed E-state index contributed by atoms with van der Waals surface area (Å²) >= 11 is 0. The maximum Gasteiger partial charge on any atom is 0.0648 e. The molecule has 2 nitrogen and oxygen atoms in total. The molecule has 29 heavy (non-hydrogen) atoms. The molecule has 0 aromatic carbocycles. The molecule has 0 radical (unpaired) electrons. The van der Waals surface area contributed by atoms with Crippen molar-refractivity contribution in [1.82, 2.24) is 0 Å². The van der Waals surface area contributed by atoms with Crippen LogP contribution < -0.4 is 0 Å². The Morgan fingerprint density at radius 2 is 1.59 bits per heavy atom. The van der Waals surface area contributed by atoms with Gasteiger partial charge in [0.05, 0.1) is 11.7 Å². The van der Waals surface area contributed by atoms with Crippen LogP contribution in [0.3, 0.4) is 0 Å². The highest BCUT2D eigenvalue weighted by atomic mass is 16.3. The first-order valence-corrected chi connectivity index (χ1v) is 13.0. The molecular formula is C27H48O2. The van der Waals surface area contributed by atoms with E-state index in [0.29, 0.717) is 10.8 Å². The Hall–Kier alpha value is -0.0800. The summed E-state index contributed by atoms with van der Waals surface area (Å²) in [5.74, 6) is 5.09. The van der Waals surface area contributed by atoms with Crippen molar-refractivity contribution in [2.45, 2.75) is 123 Å². The van der Waals surface area contributed by atoms with Gasteiger partial charge in [-0.2, -0.15) is 0 Å². The van der Waals surface area contributed by atoms with E-state index in [2.05, 4.69) is 27.7 Å². The molecular weight excluding hydrogens is 356 g/mol. The lowest BCUT2D eigenvalue weighted by Gasteiger charge is -2.62. The molecule has 0 spiro atoms. The van der Waals surface area contributed by atoms with Gasteiger partial charge in [-0.05, 0) is 130 Å². The topological polar surface area (TPSA) is 40.5 Å². The molecule has 0 aliphatic heterocycles.